The van der Waals surface area contributed by atoms with E-state index in [1.165, 1.54) is 0 Å². The Bertz CT molecular complexity index is 1490. The lowest BCUT2D eigenvalue weighted by molar-refractivity contribution is -0.137. The van der Waals surface area contributed by atoms with Crippen LogP contribution in [0.2, 0.25) is 0 Å². The monoisotopic (exact) mass is 671 g/mol. The Balaban J connectivity index is 1.13. The zero-order chi connectivity index (χ0) is 34.0. The van der Waals surface area contributed by atoms with Gasteiger partial charge in [-0.2, -0.15) is 0 Å². The van der Waals surface area contributed by atoms with E-state index in [4.69, 9.17) is 14.2 Å². The molecule has 0 radical (unpaired) electrons. The third kappa shape index (κ3) is 9.46. The van der Waals surface area contributed by atoms with Crippen LogP contribution in [0, 0.1) is 0 Å². The lowest BCUT2D eigenvalue weighted by Crippen LogP contribution is -2.48. The zero-order valence-electron chi connectivity index (χ0n) is 28.1. The van der Waals surface area contributed by atoms with Gasteiger partial charge in [0.25, 0.3) is 0 Å². The number of ether oxygens (including phenoxy) is 3. The van der Waals surface area contributed by atoms with Gasteiger partial charge in [0.05, 0.1) is 37.5 Å². The second-order valence-electron chi connectivity index (χ2n) is 13.3. The molecule has 0 saturated carbocycles. The van der Waals surface area contributed by atoms with Crippen LogP contribution >= 0.6 is 0 Å². The number of carbonyl (C=O) groups excluding carboxylic acids is 2. The fourth-order valence-electron chi connectivity index (χ4n) is 7.10. The maximum Gasteiger partial charge on any atom is 0.249 e. The summed E-state index contributed by atoms with van der Waals surface area (Å²) in [5, 5.41) is 25.7. The Kier molecular flexibility index (Phi) is 12.3. The number of carbonyl (C=O) groups is 2. The largest absolute Gasteiger partial charge is 0.492 e. The van der Waals surface area contributed by atoms with E-state index in [0.717, 1.165) is 67.3 Å². The third-order valence-electron chi connectivity index (χ3n) is 9.85. The fraction of sp³-hybridized carbons (Fsp3) is 0.487. The van der Waals surface area contributed by atoms with Crippen LogP contribution < -0.4 is 10.1 Å². The van der Waals surface area contributed by atoms with Gasteiger partial charge in [-0.15, -0.1) is 0 Å². The molecule has 0 unspecified atom stereocenters. The minimum Gasteiger partial charge on any atom is -0.492 e. The van der Waals surface area contributed by atoms with Gasteiger partial charge in [0.2, 0.25) is 11.8 Å². The van der Waals surface area contributed by atoms with E-state index >= 15 is 0 Å². The summed E-state index contributed by atoms with van der Waals surface area (Å²) < 4.78 is 17.0. The normalized spacial score (nSPS) is 21.9. The van der Waals surface area contributed by atoms with Crippen molar-refractivity contribution in [1.29, 1.82) is 0 Å². The van der Waals surface area contributed by atoms with Crippen molar-refractivity contribution in [2.24, 2.45) is 0 Å². The van der Waals surface area contributed by atoms with Crippen molar-refractivity contribution in [3.8, 4) is 5.75 Å². The lowest BCUT2D eigenvalue weighted by atomic mass is 9.97. The SMILES string of the molecule is O=C(N[C@@H](Cc1ccccc1)[C@@H](O)CCC(=O)N(Cc1ccc(OCCN2CCOCC2)cc1)[C@H]1c2ccccc2C[C@H]1O)[C@H]1CCCO1. The van der Waals surface area contributed by atoms with Crippen LogP contribution in [0.5, 0.6) is 5.75 Å². The van der Waals surface area contributed by atoms with Gasteiger partial charge in [-0.1, -0.05) is 66.7 Å². The van der Waals surface area contributed by atoms with Gasteiger partial charge < -0.3 is 34.6 Å². The molecule has 0 aromatic heterocycles. The molecule has 2 fully saturated rings. The topological polar surface area (TPSA) is 121 Å². The maximum atomic E-state index is 14.1. The quantitative estimate of drug-likeness (QED) is 0.225. The molecule has 3 N–H and O–H groups in total. The van der Waals surface area contributed by atoms with Crippen LogP contribution in [0.25, 0.3) is 0 Å². The van der Waals surface area contributed by atoms with Gasteiger partial charge in [-0.05, 0) is 60.1 Å². The second-order valence-corrected chi connectivity index (χ2v) is 13.3. The van der Waals surface area contributed by atoms with Crippen LogP contribution in [0.3, 0.4) is 0 Å². The molecule has 10 nitrogen and oxygen atoms in total. The number of morpholine rings is 1. The number of amides is 2. The van der Waals surface area contributed by atoms with Gasteiger partial charge >= 0.3 is 0 Å². The van der Waals surface area contributed by atoms with E-state index < -0.39 is 30.4 Å². The first-order chi connectivity index (χ1) is 23.9. The van der Waals surface area contributed by atoms with Crippen LogP contribution in [-0.2, 0) is 38.4 Å². The fourth-order valence-corrected chi connectivity index (χ4v) is 7.10. The Labute approximate surface area is 289 Å². The summed E-state index contributed by atoms with van der Waals surface area (Å²) in [7, 11) is 0. The van der Waals surface area contributed by atoms with Crippen LogP contribution in [0.15, 0.2) is 78.9 Å². The molecule has 2 saturated heterocycles. The number of rotatable bonds is 15. The standard InChI is InChI=1S/C39H49N3O7/c43-34(33(25-28-7-2-1-3-8-28)40-39(46)36-11-6-21-49-36)16-17-37(45)42(38-32-10-5-4-9-30(32)26-35(38)44)27-29-12-14-31(15-13-29)48-24-20-41-18-22-47-23-19-41/h1-5,7-10,12-15,33-36,38,43-44H,6,11,16-27H2,(H,40,46)/t33-,34-,35+,36+,38-/m0/s1. The first-order valence-electron chi connectivity index (χ1n) is 17.7. The maximum absolute atomic E-state index is 14.1. The van der Waals surface area contributed by atoms with E-state index in [0.29, 0.717) is 39.0 Å². The van der Waals surface area contributed by atoms with Gasteiger partial charge in [0.1, 0.15) is 18.5 Å². The van der Waals surface area contributed by atoms with Gasteiger partial charge in [0.15, 0.2) is 0 Å². The smallest absolute Gasteiger partial charge is 0.249 e. The van der Waals surface area contributed by atoms with E-state index in [9.17, 15) is 19.8 Å². The van der Waals surface area contributed by atoms with Crippen molar-refractivity contribution in [3.05, 3.63) is 101 Å². The minimum atomic E-state index is -0.967. The van der Waals surface area contributed by atoms with Crippen LogP contribution in [0.4, 0.5) is 0 Å². The number of hydrogen-bond acceptors (Lipinski definition) is 8. The van der Waals surface area contributed by atoms with Crippen LogP contribution in [0.1, 0.15) is 54.0 Å². The molecule has 1 aliphatic carbocycles. The van der Waals surface area contributed by atoms with Gasteiger partial charge in [0, 0.05) is 45.6 Å². The molecule has 0 spiro atoms. The molecule has 3 aliphatic rings. The minimum absolute atomic E-state index is 0.0520. The Morgan fingerprint density at radius 3 is 2.47 bits per heavy atom. The van der Waals surface area contributed by atoms with E-state index in [2.05, 4.69) is 10.2 Å². The number of benzene rings is 3. The number of fused-ring (bicyclic) bond motifs is 1. The number of aliphatic hydroxyl groups is 2. The first kappa shape index (κ1) is 35.0. The summed E-state index contributed by atoms with van der Waals surface area (Å²) in [6.07, 6.45) is 0.348. The average molecular weight is 672 g/mol. The highest BCUT2D eigenvalue weighted by Crippen LogP contribution is 2.37. The first-order valence-corrected chi connectivity index (χ1v) is 17.7. The van der Waals surface area contributed by atoms with Crippen molar-refractivity contribution in [1.82, 2.24) is 15.1 Å². The summed E-state index contributed by atoms with van der Waals surface area (Å²) >= 11 is 0. The predicted octanol–water partition coefficient (Wildman–Crippen LogP) is 3.43. The van der Waals surface area contributed by atoms with Gasteiger partial charge in [-0.3, -0.25) is 14.5 Å². The van der Waals surface area contributed by atoms with E-state index in [1.54, 1.807) is 4.90 Å². The molecule has 2 aliphatic heterocycles. The molecule has 262 valence electrons. The molecule has 2 heterocycles. The van der Waals surface area contributed by atoms with Crippen molar-refractivity contribution < 1.29 is 34.0 Å². The summed E-state index contributed by atoms with van der Waals surface area (Å²) in [5.74, 6) is 0.359. The van der Waals surface area contributed by atoms with E-state index in [-0.39, 0.29) is 24.7 Å². The van der Waals surface area contributed by atoms with Gasteiger partial charge in [-0.25, -0.2) is 0 Å². The number of hydrogen-bond donors (Lipinski definition) is 3. The predicted molar refractivity (Wildman–Crippen MR) is 185 cm³/mol. The molecular formula is C39H49N3O7. The summed E-state index contributed by atoms with van der Waals surface area (Å²) in [6, 6.07) is 24.2. The average Bonchev–Trinajstić information content (AvgIpc) is 3.79. The molecule has 49 heavy (non-hydrogen) atoms. The molecule has 10 heteroatoms. The lowest BCUT2D eigenvalue weighted by Gasteiger charge is -2.33. The molecular weight excluding hydrogens is 622 g/mol. The zero-order valence-corrected chi connectivity index (χ0v) is 28.1. The summed E-state index contributed by atoms with van der Waals surface area (Å²) in [4.78, 5) is 31.2. The molecule has 6 rings (SSSR count). The molecule has 3 aromatic rings. The highest BCUT2D eigenvalue weighted by molar-refractivity contribution is 5.81. The molecule has 5 atom stereocenters. The number of aliphatic hydroxyl groups excluding tert-OH is 2. The highest BCUT2D eigenvalue weighted by atomic mass is 16.5. The third-order valence-corrected chi connectivity index (χ3v) is 9.85. The van der Waals surface area contributed by atoms with Crippen molar-refractivity contribution in [3.63, 3.8) is 0 Å². The molecule has 0 bridgehead atoms. The number of nitrogens with zero attached hydrogens (tertiary/aromatic N) is 2. The van der Waals surface area contributed by atoms with Crippen molar-refractivity contribution >= 4 is 11.8 Å². The Morgan fingerprint density at radius 2 is 1.71 bits per heavy atom. The molecule has 3 aromatic carbocycles. The van der Waals surface area contributed by atoms with E-state index in [1.807, 2.05) is 78.9 Å². The number of nitrogens with one attached hydrogen (secondary N) is 1. The van der Waals surface area contributed by atoms with Crippen molar-refractivity contribution in [2.75, 3.05) is 46.1 Å². The molecule has 2 amide bonds. The Hall–Kier alpha value is -3.80. The summed E-state index contributed by atoms with van der Waals surface area (Å²) in [6.45, 7) is 5.60. The summed E-state index contributed by atoms with van der Waals surface area (Å²) in [5.41, 5.74) is 3.86. The Morgan fingerprint density at radius 1 is 0.959 bits per heavy atom. The van der Waals surface area contributed by atoms with Crippen molar-refractivity contribution in [2.45, 2.75) is 75.5 Å². The second kappa shape index (κ2) is 17.2. The highest BCUT2D eigenvalue weighted by Gasteiger charge is 2.38. The van der Waals surface area contributed by atoms with Crippen LogP contribution in [-0.4, -0.2) is 102 Å².